The molecule has 3 aromatic heterocycles. The molecule has 0 amide bonds. The number of hydrogen-bond acceptors (Lipinski definition) is 6. The highest BCUT2D eigenvalue weighted by Crippen LogP contribution is 2.27. The topological polar surface area (TPSA) is 98.9 Å². The van der Waals surface area contributed by atoms with Crippen LogP contribution in [0.15, 0.2) is 47.4 Å². The van der Waals surface area contributed by atoms with E-state index in [0.29, 0.717) is 36.2 Å². The molecule has 8 nitrogen and oxygen atoms in total. The quantitative estimate of drug-likeness (QED) is 0.402. The fourth-order valence-electron chi connectivity index (χ4n) is 4.12. The van der Waals surface area contributed by atoms with Crippen LogP contribution in [0.3, 0.4) is 0 Å². The lowest BCUT2D eigenvalue weighted by Crippen LogP contribution is -2.36. The first kappa shape index (κ1) is 21.5. The molecule has 1 aliphatic rings. The van der Waals surface area contributed by atoms with Crippen molar-refractivity contribution in [1.82, 2.24) is 19.9 Å². The van der Waals surface area contributed by atoms with Crippen molar-refractivity contribution in [3.63, 3.8) is 0 Å². The number of imidazole rings is 1. The zero-order chi connectivity index (χ0) is 22.8. The molecule has 1 fully saturated rings. The number of H-pyrrole nitrogens is 2. The van der Waals surface area contributed by atoms with Gasteiger partial charge in [0, 0.05) is 36.9 Å². The number of morpholine rings is 1. The molecule has 1 aliphatic heterocycles. The molecule has 4 heterocycles. The number of nitrogens with zero attached hydrogens (tertiary/aromatic N) is 3. The molecular formula is C24H25ClN6O2. The van der Waals surface area contributed by atoms with E-state index in [2.05, 4.69) is 20.2 Å². The molecule has 5 rings (SSSR count). The summed E-state index contributed by atoms with van der Waals surface area (Å²) in [5, 5.41) is 4.10. The summed E-state index contributed by atoms with van der Waals surface area (Å²) in [6, 6.07) is 11.6. The largest absolute Gasteiger partial charge is 0.384 e. The number of hydrogen-bond donors (Lipinski definition) is 3. The first-order chi connectivity index (χ1) is 16.1. The van der Waals surface area contributed by atoms with Gasteiger partial charge in [-0.1, -0.05) is 23.7 Å². The Morgan fingerprint density at radius 3 is 2.85 bits per heavy atom. The smallest absolute Gasteiger partial charge is 0.261 e. The third kappa shape index (κ3) is 4.58. The van der Waals surface area contributed by atoms with Crippen molar-refractivity contribution >= 4 is 34.1 Å². The second-order valence-corrected chi connectivity index (χ2v) is 8.49. The summed E-state index contributed by atoms with van der Waals surface area (Å²) >= 11 is 6.09. The number of fused-ring (bicyclic) bond motifs is 1. The van der Waals surface area contributed by atoms with E-state index in [9.17, 15) is 4.79 Å². The maximum absolute atomic E-state index is 12.8. The highest BCUT2D eigenvalue weighted by molar-refractivity contribution is 6.30. The number of aromatic nitrogens is 4. The van der Waals surface area contributed by atoms with E-state index < -0.39 is 0 Å². The fourth-order valence-corrected chi connectivity index (χ4v) is 4.33. The van der Waals surface area contributed by atoms with Crippen LogP contribution >= 0.6 is 11.6 Å². The third-order valence-electron chi connectivity index (χ3n) is 5.78. The van der Waals surface area contributed by atoms with Crippen LogP contribution < -0.4 is 15.8 Å². The van der Waals surface area contributed by atoms with Gasteiger partial charge in [-0.15, -0.1) is 0 Å². The Bertz CT molecular complexity index is 1340. The van der Waals surface area contributed by atoms with Crippen LogP contribution in [0.5, 0.6) is 0 Å². The number of pyridine rings is 2. The predicted molar refractivity (Wildman–Crippen MR) is 131 cm³/mol. The van der Waals surface area contributed by atoms with Crippen molar-refractivity contribution in [2.75, 3.05) is 43.1 Å². The lowest BCUT2D eigenvalue weighted by atomic mass is 10.1. The zero-order valence-electron chi connectivity index (χ0n) is 18.3. The van der Waals surface area contributed by atoms with E-state index in [1.165, 1.54) is 0 Å². The maximum Gasteiger partial charge on any atom is 0.261 e. The Balaban J connectivity index is 1.44. The minimum atomic E-state index is -0.208. The molecule has 0 unspecified atom stereocenters. The Kier molecular flexibility index (Phi) is 6.02. The molecule has 1 saturated heterocycles. The van der Waals surface area contributed by atoms with Gasteiger partial charge in [-0.05, 0) is 37.1 Å². The van der Waals surface area contributed by atoms with E-state index in [1.54, 1.807) is 6.20 Å². The minimum absolute atomic E-state index is 0.208. The predicted octanol–water partition coefficient (Wildman–Crippen LogP) is 3.77. The van der Waals surface area contributed by atoms with Crippen LogP contribution in [0.2, 0.25) is 5.02 Å². The molecule has 0 radical (unpaired) electrons. The lowest BCUT2D eigenvalue weighted by molar-refractivity contribution is 0.122. The van der Waals surface area contributed by atoms with Crippen molar-refractivity contribution in [2.24, 2.45) is 0 Å². The van der Waals surface area contributed by atoms with Gasteiger partial charge in [0.15, 0.2) is 0 Å². The van der Waals surface area contributed by atoms with Crippen LogP contribution in [0.4, 0.5) is 11.5 Å². The minimum Gasteiger partial charge on any atom is -0.384 e. The van der Waals surface area contributed by atoms with E-state index in [0.717, 1.165) is 53.3 Å². The van der Waals surface area contributed by atoms with Crippen LogP contribution in [-0.4, -0.2) is 52.8 Å². The standard InChI is InChI=1S/C24H25ClN6O2/c1-15-22-19(14-20(28-15)31-9-11-33-12-10-31)29-23(30-22)21-18(6-8-27-24(21)32)26-7-5-16-3-2-4-17(25)13-16/h2-4,6,8,13-14H,5,7,9-12H2,1H3,(H,29,30)(H2,26,27,32). The molecule has 0 aliphatic carbocycles. The monoisotopic (exact) mass is 464 g/mol. The third-order valence-corrected chi connectivity index (χ3v) is 6.02. The number of halogens is 1. The molecule has 3 N–H and O–H groups in total. The van der Waals surface area contributed by atoms with Gasteiger partial charge in [0.1, 0.15) is 22.7 Å². The van der Waals surface area contributed by atoms with E-state index in [1.807, 2.05) is 43.3 Å². The number of aryl methyl sites for hydroxylation is 1. The van der Waals surface area contributed by atoms with Gasteiger partial charge in [-0.25, -0.2) is 9.97 Å². The summed E-state index contributed by atoms with van der Waals surface area (Å²) in [7, 11) is 0. The second kappa shape index (κ2) is 9.25. The number of benzene rings is 1. The van der Waals surface area contributed by atoms with Crippen molar-refractivity contribution in [1.29, 1.82) is 0 Å². The number of anilines is 2. The Morgan fingerprint density at radius 2 is 2.03 bits per heavy atom. The second-order valence-electron chi connectivity index (χ2n) is 8.05. The Labute approximate surface area is 196 Å². The first-order valence-electron chi connectivity index (χ1n) is 11.0. The zero-order valence-corrected chi connectivity index (χ0v) is 19.1. The van der Waals surface area contributed by atoms with E-state index in [4.69, 9.17) is 26.3 Å². The van der Waals surface area contributed by atoms with Gasteiger partial charge in [0.25, 0.3) is 5.56 Å². The molecule has 0 atom stereocenters. The molecule has 4 aromatic rings. The molecule has 9 heteroatoms. The van der Waals surface area contributed by atoms with Gasteiger partial charge in [-0.3, -0.25) is 4.79 Å². The number of nitrogens with one attached hydrogen (secondary N) is 3. The van der Waals surface area contributed by atoms with E-state index >= 15 is 0 Å². The highest BCUT2D eigenvalue weighted by atomic mass is 35.5. The molecule has 170 valence electrons. The highest BCUT2D eigenvalue weighted by Gasteiger charge is 2.18. The molecule has 0 bridgehead atoms. The van der Waals surface area contributed by atoms with Gasteiger partial charge < -0.3 is 24.9 Å². The normalized spacial score (nSPS) is 14.1. The van der Waals surface area contributed by atoms with Crippen molar-refractivity contribution in [2.45, 2.75) is 13.3 Å². The van der Waals surface area contributed by atoms with E-state index in [-0.39, 0.29) is 5.56 Å². The lowest BCUT2D eigenvalue weighted by Gasteiger charge is -2.27. The summed E-state index contributed by atoms with van der Waals surface area (Å²) in [6.07, 6.45) is 2.42. The summed E-state index contributed by atoms with van der Waals surface area (Å²) in [5.41, 5.74) is 4.55. The molecule has 0 saturated carbocycles. The van der Waals surface area contributed by atoms with Gasteiger partial charge >= 0.3 is 0 Å². The average molecular weight is 465 g/mol. The van der Waals surface area contributed by atoms with Crippen LogP contribution in [0.25, 0.3) is 22.4 Å². The molecule has 1 aromatic carbocycles. The Morgan fingerprint density at radius 1 is 1.18 bits per heavy atom. The van der Waals surface area contributed by atoms with Gasteiger partial charge in [0.05, 0.1) is 30.1 Å². The SMILES string of the molecule is Cc1nc(N2CCOCC2)cc2[nH]c(-c3c(NCCc4cccc(Cl)c4)cc[nH]c3=O)nc12. The van der Waals surface area contributed by atoms with Crippen LogP contribution in [0.1, 0.15) is 11.3 Å². The summed E-state index contributed by atoms with van der Waals surface area (Å²) in [6.45, 7) is 5.58. The van der Waals surface area contributed by atoms with Crippen LogP contribution in [0, 0.1) is 6.92 Å². The molecule has 0 spiro atoms. The summed E-state index contributed by atoms with van der Waals surface area (Å²) < 4.78 is 5.45. The van der Waals surface area contributed by atoms with Crippen molar-refractivity contribution < 1.29 is 4.74 Å². The van der Waals surface area contributed by atoms with Gasteiger partial charge in [0.2, 0.25) is 0 Å². The fraction of sp³-hybridized carbons (Fsp3) is 0.292. The molecular weight excluding hydrogens is 440 g/mol. The van der Waals surface area contributed by atoms with Crippen LogP contribution in [-0.2, 0) is 11.2 Å². The molecule has 33 heavy (non-hydrogen) atoms. The summed E-state index contributed by atoms with van der Waals surface area (Å²) in [5.74, 6) is 1.40. The average Bonchev–Trinajstić information content (AvgIpc) is 3.24. The van der Waals surface area contributed by atoms with Gasteiger partial charge in [-0.2, -0.15) is 0 Å². The van der Waals surface area contributed by atoms with Crippen molar-refractivity contribution in [3.05, 3.63) is 69.2 Å². The summed E-state index contributed by atoms with van der Waals surface area (Å²) in [4.78, 5) is 30.6. The van der Waals surface area contributed by atoms with Crippen molar-refractivity contribution in [3.8, 4) is 11.4 Å². The number of ether oxygens (including phenoxy) is 1. The maximum atomic E-state index is 12.8. The number of aromatic amines is 2. The first-order valence-corrected chi connectivity index (χ1v) is 11.4. The number of rotatable bonds is 6. The Hall–Kier alpha value is -3.36.